The lowest BCUT2D eigenvalue weighted by Gasteiger charge is -2.28. The molecule has 8 heteroatoms. The van der Waals surface area contributed by atoms with Crippen LogP contribution in [0.5, 0.6) is 0 Å². The van der Waals surface area contributed by atoms with Crippen LogP contribution in [0.15, 0.2) is 0 Å². The van der Waals surface area contributed by atoms with Crippen LogP contribution >= 0.6 is 0 Å². The van der Waals surface area contributed by atoms with Gasteiger partial charge in [-0.2, -0.15) is 0 Å². The highest BCUT2D eigenvalue weighted by atomic mass is 16.6. The summed E-state index contributed by atoms with van der Waals surface area (Å²) >= 11 is 0. The van der Waals surface area contributed by atoms with E-state index in [1.165, 1.54) is 0 Å². The minimum absolute atomic E-state index is 0.204. The van der Waals surface area contributed by atoms with Gasteiger partial charge in [0.2, 0.25) is 0 Å². The first-order valence-corrected chi connectivity index (χ1v) is 11.1. The lowest BCUT2D eigenvalue weighted by atomic mass is 9.76. The van der Waals surface area contributed by atoms with E-state index in [4.69, 9.17) is 14.6 Å². The summed E-state index contributed by atoms with van der Waals surface area (Å²) in [6.45, 7) is 2.86. The SMILES string of the molecule is CCCCNC(=O)OCC(=O)NCC1C2CCC(O2)C1CCCCCCC(=O)O. The summed E-state index contributed by atoms with van der Waals surface area (Å²) in [6.07, 6.45) is 8.95. The molecular formula is C21H36N2O6. The average molecular weight is 413 g/mol. The molecule has 29 heavy (non-hydrogen) atoms. The summed E-state index contributed by atoms with van der Waals surface area (Å²) in [5.74, 6) is -0.280. The van der Waals surface area contributed by atoms with E-state index in [1.54, 1.807) is 0 Å². The first-order valence-electron chi connectivity index (χ1n) is 11.1. The Labute approximate surface area is 173 Å². The van der Waals surface area contributed by atoms with Gasteiger partial charge in [-0.15, -0.1) is 0 Å². The zero-order valence-corrected chi connectivity index (χ0v) is 17.5. The summed E-state index contributed by atoms with van der Waals surface area (Å²) in [7, 11) is 0. The Morgan fingerprint density at radius 2 is 1.72 bits per heavy atom. The van der Waals surface area contributed by atoms with Crippen molar-refractivity contribution < 1.29 is 29.0 Å². The summed E-state index contributed by atoms with van der Waals surface area (Å²) in [4.78, 5) is 34.1. The molecule has 8 nitrogen and oxygen atoms in total. The largest absolute Gasteiger partial charge is 0.481 e. The number of ether oxygens (including phenoxy) is 2. The fraction of sp³-hybridized carbons (Fsp3) is 0.857. The van der Waals surface area contributed by atoms with Gasteiger partial charge in [0, 0.05) is 25.4 Å². The van der Waals surface area contributed by atoms with Crippen LogP contribution in [0.4, 0.5) is 4.79 Å². The van der Waals surface area contributed by atoms with Crippen molar-refractivity contribution in [2.24, 2.45) is 11.8 Å². The van der Waals surface area contributed by atoms with E-state index in [0.29, 0.717) is 24.9 Å². The smallest absolute Gasteiger partial charge is 0.407 e. The number of carboxylic acids is 1. The van der Waals surface area contributed by atoms with Crippen molar-refractivity contribution in [2.45, 2.75) is 83.3 Å². The van der Waals surface area contributed by atoms with Gasteiger partial charge in [0.15, 0.2) is 6.61 Å². The van der Waals surface area contributed by atoms with Crippen LogP contribution in [-0.2, 0) is 19.1 Å². The van der Waals surface area contributed by atoms with Crippen LogP contribution in [0, 0.1) is 11.8 Å². The predicted octanol–water partition coefficient (Wildman–Crippen LogP) is 2.85. The van der Waals surface area contributed by atoms with Crippen molar-refractivity contribution in [2.75, 3.05) is 19.7 Å². The molecule has 0 radical (unpaired) electrons. The molecule has 3 N–H and O–H groups in total. The molecule has 0 spiro atoms. The predicted molar refractivity (Wildman–Crippen MR) is 107 cm³/mol. The molecule has 4 unspecified atom stereocenters. The van der Waals surface area contributed by atoms with E-state index in [1.807, 2.05) is 6.92 Å². The summed E-state index contributed by atoms with van der Waals surface area (Å²) in [5, 5.41) is 14.2. The Balaban J connectivity index is 1.63. The first kappa shape index (κ1) is 23.4. The molecule has 2 fully saturated rings. The second kappa shape index (κ2) is 12.7. The lowest BCUT2D eigenvalue weighted by molar-refractivity contribution is -0.137. The van der Waals surface area contributed by atoms with Gasteiger partial charge >= 0.3 is 12.1 Å². The molecule has 0 aromatic rings. The molecule has 0 aliphatic carbocycles. The molecular weight excluding hydrogens is 376 g/mol. The van der Waals surface area contributed by atoms with E-state index in [2.05, 4.69) is 10.6 Å². The van der Waals surface area contributed by atoms with Crippen LogP contribution < -0.4 is 10.6 Å². The van der Waals surface area contributed by atoms with E-state index < -0.39 is 12.1 Å². The van der Waals surface area contributed by atoms with Gasteiger partial charge in [-0.1, -0.05) is 32.6 Å². The average Bonchev–Trinajstić information content (AvgIpc) is 3.29. The third-order valence-electron chi connectivity index (χ3n) is 5.94. The van der Waals surface area contributed by atoms with Gasteiger partial charge < -0.3 is 25.2 Å². The van der Waals surface area contributed by atoms with Crippen molar-refractivity contribution in [3.63, 3.8) is 0 Å². The third kappa shape index (κ3) is 8.20. The molecule has 2 heterocycles. The second-order valence-electron chi connectivity index (χ2n) is 8.13. The van der Waals surface area contributed by atoms with Crippen LogP contribution in [0.3, 0.4) is 0 Å². The monoisotopic (exact) mass is 412 g/mol. The molecule has 2 aliphatic rings. The highest BCUT2D eigenvalue weighted by Gasteiger charge is 2.48. The number of fused-ring (bicyclic) bond motifs is 2. The zero-order valence-electron chi connectivity index (χ0n) is 17.5. The van der Waals surface area contributed by atoms with Crippen LogP contribution in [0.2, 0.25) is 0 Å². The molecule has 2 bridgehead atoms. The minimum atomic E-state index is -0.732. The number of unbranched alkanes of at least 4 members (excludes halogenated alkanes) is 4. The number of amides is 2. The summed E-state index contributed by atoms with van der Waals surface area (Å²) in [5.41, 5.74) is 0. The van der Waals surface area contributed by atoms with Gasteiger partial charge in [0.25, 0.3) is 5.91 Å². The van der Waals surface area contributed by atoms with E-state index in [-0.39, 0.29) is 31.1 Å². The fourth-order valence-electron chi connectivity index (χ4n) is 4.40. The van der Waals surface area contributed by atoms with Crippen LogP contribution in [-0.4, -0.2) is 55.0 Å². The Morgan fingerprint density at radius 3 is 2.45 bits per heavy atom. The maximum Gasteiger partial charge on any atom is 0.407 e. The lowest BCUT2D eigenvalue weighted by Crippen LogP contribution is -2.40. The molecule has 4 atom stereocenters. The number of carboxylic acid groups (broad SMARTS) is 1. The Morgan fingerprint density at radius 1 is 1.00 bits per heavy atom. The van der Waals surface area contributed by atoms with E-state index in [9.17, 15) is 14.4 Å². The van der Waals surface area contributed by atoms with E-state index >= 15 is 0 Å². The van der Waals surface area contributed by atoms with Crippen molar-refractivity contribution in [3.05, 3.63) is 0 Å². The third-order valence-corrected chi connectivity index (χ3v) is 5.94. The minimum Gasteiger partial charge on any atom is -0.481 e. The van der Waals surface area contributed by atoms with Gasteiger partial charge in [0.1, 0.15) is 0 Å². The molecule has 0 aromatic heterocycles. The standard InChI is InChI=1S/C21H36N2O6/c1-2-3-12-22-21(27)28-14-19(24)23-13-16-15(17-10-11-18(16)29-17)8-6-4-5-7-9-20(25)26/h15-18H,2-14H2,1H3,(H,22,27)(H,23,24)(H,25,26). The number of hydrogen-bond donors (Lipinski definition) is 3. The zero-order chi connectivity index (χ0) is 21.1. The molecule has 0 saturated carbocycles. The topological polar surface area (TPSA) is 114 Å². The number of aliphatic carboxylic acids is 1. The molecule has 0 aromatic carbocycles. The van der Waals surface area contributed by atoms with Crippen LogP contribution in [0.1, 0.15) is 71.1 Å². The second-order valence-corrected chi connectivity index (χ2v) is 8.13. The van der Waals surface area contributed by atoms with Crippen molar-refractivity contribution in [1.82, 2.24) is 10.6 Å². The van der Waals surface area contributed by atoms with Crippen LogP contribution in [0.25, 0.3) is 0 Å². The number of carbonyl (C=O) groups is 3. The van der Waals surface area contributed by atoms with Crippen molar-refractivity contribution in [1.29, 1.82) is 0 Å². The number of rotatable bonds is 14. The molecule has 2 amide bonds. The van der Waals surface area contributed by atoms with Gasteiger partial charge in [-0.05, 0) is 38.0 Å². The van der Waals surface area contributed by atoms with E-state index in [0.717, 1.165) is 57.8 Å². The normalized spacial score (nSPS) is 25.0. The Hall–Kier alpha value is -1.83. The quantitative estimate of drug-likeness (QED) is 0.378. The Kier molecular flexibility index (Phi) is 10.2. The van der Waals surface area contributed by atoms with Crippen molar-refractivity contribution in [3.8, 4) is 0 Å². The van der Waals surface area contributed by atoms with Crippen molar-refractivity contribution >= 4 is 18.0 Å². The number of nitrogens with one attached hydrogen (secondary N) is 2. The summed E-state index contributed by atoms with van der Waals surface area (Å²) < 4.78 is 11.0. The molecule has 2 rings (SSSR count). The number of carbonyl (C=O) groups excluding carboxylic acids is 2. The molecule has 2 saturated heterocycles. The maximum atomic E-state index is 12.0. The maximum absolute atomic E-state index is 12.0. The number of hydrogen-bond acceptors (Lipinski definition) is 5. The highest BCUT2D eigenvalue weighted by molar-refractivity contribution is 5.80. The Bertz CT molecular complexity index is 541. The van der Waals surface area contributed by atoms with Gasteiger partial charge in [-0.25, -0.2) is 4.79 Å². The summed E-state index contributed by atoms with van der Waals surface area (Å²) in [6, 6.07) is 0. The highest BCUT2D eigenvalue weighted by Crippen LogP contribution is 2.45. The molecule has 166 valence electrons. The van der Waals surface area contributed by atoms with Gasteiger partial charge in [-0.3, -0.25) is 9.59 Å². The number of alkyl carbamates (subject to hydrolysis) is 1. The first-order chi connectivity index (χ1) is 14.0. The van der Waals surface area contributed by atoms with Gasteiger partial charge in [0.05, 0.1) is 12.2 Å². The molecule has 2 aliphatic heterocycles. The fourth-order valence-corrected chi connectivity index (χ4v) is 4.40.